The van der Waals surface area contributed by atoms with Crippen molar-refractivity contribution in [2.75, 3.05) is 7.05 Å². The number of aromatic nitrogens is 2. The van der Waals surface area contributed by atoms with Crippen LogP contribution in [-0.4, -0.2) is 17.0 Å². The molecule has 1 atom stereocenters. The summed E-state index contributed by atoms with van der Waals surface area (Å²) in [4.78, 5) is 8.04. The van der Waals surface area contributed by atoms with Crippen LogP contribution >= 0.6 is 11.6 Å². The van der Waals surface area contributed by atoms with Gasteiger partial charge in [-0.05, 0) is 37.2 Å². The second-order valence-corrected chi connectivity index (χ2v) is 4.35. The second-order valence-electron chi connectivity index (χ2n) is 3.92. The fourth-order valence-corrected chi connectivity index (χ4v) is 1.93. The molecule has 1 N–H and O–H groups in total. The van der Waals surface area contributed by atoms with Crippen molar-refractivity contribution in [2.45, 2.75) is 12.5 Å². The average Bonchev–Trinajstić information content (AvgIpc) is 2.39. The van der Waals surface area contributed by atoms with Crippen molar-refractivity contribution in [3.05, 3.63) is 58.9 Å². The van der Waals surface area contributed by atoms with Crippen LogP contribution in [0.1, 0.15) is 17.3 Å². The zero-order valence-electron chi connectivity index (χ0n) is 9.90. The second kappa shape index (κ2) is 5.89. The van der Waals surface area contributed by atoms with Gasteiger partial charge in [-0.2, -0.15) is 0 Å². The van der Waals surface area contributed by atoms with E-state index in [2.05, 4.69) is 15.3 Å². The number of benzene rings is 1. The maximum absolute atomic E-state index is 13.7. The van der Waals surface area contributed by atoms with Gasteiger partial charge in [0.05, 0.1) is 11.7 Å². The van der Waals surface area contributed by atoms with Gasteiger partial charge in [0.25, 0.3) is 0 Å². The summed E-state index contributed by atoms with van der Waals surface area (Å²) in [6.45, 7) is 0. The Hall–Kier alpha value is -1.52. The van der Waals surface area contributed by atoms with Crippen molar-refractivity contribution in [3.63, 3.8) is 0 Å². The summed E-state index contributed by atoms with van der Waals surface area (Å²) < 4.78 is 13.7. The van der Waals surface area contributed by atoms with Crippen LogP contribution in [0.3, 0.4) is 0 Å². The molecule has 18 heavy (non-hydrogen) atoms. The van der Waals surface area contributed by atoms with E-state index in [0.717, 1.165) is 5.69 Å². The van der Waals surface area contributed by atoms with Gasteiger partial charge in [-0.15, -0.1) is 0 Å². The Labute approximate surface area is 110 Å². The number of rotatable bonds is 4. The molecule has 0 spiro atoms. The van der Waals surface area contributed by atoms with E-state index < -0.39 is 0 Å². The van der Waals surface area contributed by atoms with E-state index in [1.165, 1.54) is 12.4 Å². The van der Waals surface area contributed by atoms with Gasteiger partial charge in [-0.25, -0.2) is 14.4 Å². The van der Waals surface area contributed by atoms with E-state index in [0.29, 0.717) is 17.0 Å². The van der Waals surface area contributed by atoms with Gasteiger partial charge in [0.1, 0.15) is 12.1 Å². The third kappa shape index (κ3) is 3.03. The molecular formula is C13H13ClFN3. The van der Waals surface area contributed by atoms with E-state index in [1.54, 1.807) is 18.3 Å². The predicted molar refractivity (Wildman–Crippen MR) is 68.9 cm³/mol. The zero-order chi connectivity index (χ0) is 13.0. The lowest BCUT2D eigenvalue weighted by atomic mass is 10.0. The quantitative estimate of drug-likeness (QED) is 0.924. The molecule has 0 amide bonds. The first-order chi connectivity index (χ1) is 8.70. The highest BCUT2D eigenvalue weighted by atomic mass is 35.5. The molecule has 1 aromatic carbocycles. The molecule has 0 saturated heterocycles. The fourth-order valence-electron chi connectivity index (χ4n) is 1.77. The first-order valence-corrected chi connectivity index (χ1v) is 5.95. The van der Waals surface area contributed by atoms with Gasteiger partial charge < -0.3 is 5.32 Å². The maximum atomic E-state index is 13.7. The average molecular weight is 266 g/mol. The van der Waals surface area contributed by atoms with Crippen LogP contribution in [0.2, 0.25) is 5.02 Å². The number of nitrogens with one attached hydrogen (secondary N) is 1. The minimum Gasteiger partial charge on any atom is -0.311 e. The molecule has 1 heterocycles. The highest BCUT2D eigenvalue weighted by Crippen LogP contribution is 2.20. The van der Waals surface area contributed by atoms with Crippen LogP contribution in [0.4, 0.5) is 4.39 Å². The summed E-state index contributed by atoms with van der Waals surface area (Å²) in [5, 5.41) is 3.52. The lowest BCUT2D eigenvalue weighted by molar-refractivity contribution is 0.544. The van der Waals surface area contributed by atoms with E-state index >= 15 is 0 Å². The number of hydrogen-bond donors (Lipinski definition) is 1. The maximum Gasteiger partial charge on any atom is 0.127 e. The lowest BCUT2D eigenvalue weighted by Gasteiger charge is -2.15. The Balaban J connectivity index is 2.21. The van der Waals surface area contributed by atoms with Crippen LogP contribution in [0, 0.1) is 5.82 Å². The van der Waals surface area contributed by atoms with E-state index in [4.69, 9.17) is 11.6 Å². The van der Waals surface area contributed by atoms with Gasteiger partial charge in [-0.3, -0.25) is 0 Å². The Morgan fingerprint density at radius 2 is 2.22 bits per heavy atom. The van der Waals surface area contributed by atoms with Crippen LogP contribution in [0.5, 0.6) is 0 Å². The first-order valence-electron chi connectivity index (χ1n) is 5.58. The molecule has 0 fully saturated rings. The molecule has 5 heteroatoms. The van der Waals surface area contributed by atoms with Crippen molar-refractivity contribution < 1.29 is 4.39 Å². The summed E-state index contributed by atoms with van der Waals surface area (Å²) in [6, 6.07) is 6.47. The normalized spacial score (nSPS) is 12.4. The first kappa shape index (κ1) is 12.9. The summed E-state index contributed by atoms with van der Waals surface area (Å²) in [6.07, 6.45) is 3.67. The van der Waals surface area contributed by atoms with Crippen molar-refractivity contribution in [1.29, 1.82) is 0 Å². The number of hydrogen-bond acceptors (Lipinski definition) is 3. The largest absolute Gasteiger partial charge is 0.311 e. The summed E-state index contributed by atoms with van der Waals surface area (Å²) in [7, 11) is 1.82. The summed E-state index contributed by atoms with van der Waals surface area (Å²) in [5.74, 6) is -0.295. The predicted octanol–water partition coefficient (Wildman–Crippen LogP) is 2.77. The number of halogens is 2. The standard InChI is InChI=1S/C13H13ClFN3/c1-16-13(12-4-5-17-8-18-12)6-9-2-3-10(14)7-11(9)15/h2-5,7-8,13,16H,6H2,1H3. The molecule has 0 aliphatic rings. The molecule has 0 bridgehead atoms. The van der Waals surface area contributed by atoms with Crippen molar-refractivity contribution in [1.82, 2.24) is 15.3 Å². The minimum absolute atomic E-state index is 0.0522. The van der Waals surface area contributed by atoms with E-state index in [-0.39, 0.29) is 11.9 Å². The highest BCUT2D eigenvalue weighted by Gasteiger charge is 2.14. The molecule has 1 aromatic heterocycles. The number of likely N-dealkylation sites (N-methyl/N-ethyl adjacent to an activating group) is 1. The zero-order valence-corrected chi connectivity index (χ0v) is 10.7. The van der Waals surface area contributed by atoms with Gasteiger partial charge in [0, 0.05) is 11.2 Å². The van der Waals surface area contributed by atoms with Gasteiger partial charge in [0.15, 0.2) is 0 Å². The molecule has 3 nitrogen and oxygen atoms in total. The van der Waals surface area contributed by atoms with Crippen molar-refractivity contribution in [2.24, 2.45) is 0 Å². The molecular weight excluding hydrogens is 253 g/mol. The topological polar surface area (TPSA) is 37.8 Å². The molecule has 94 valence electrons. The number of nitrogens with zero attached hydrogens (tertiary/aromatic N) is 2. The van der Waals surface area contributed by atoms with E-state index in [1.807, 2.05) is 13.1 Å². The van der Waals surface area contributed by atoms with Gasteiger partial charge in [-0.1, -0.05) is 17.7 Å². The summed E-state index contributed by atoms with van der Waals surface area (Å²) in [5.41, 5.74) is 1.44. The molecule has 0 aliphatic heterocycles. The molecule has 0 saturated carbocycles. The van der Waals surface area contributed by atoms with E-state index in [9.17, 15) is 4.39 Å². The molecule has 0 aliphatic carbocycles. The third-order valence-electron chi connectivity index (χ3n) is 2.75. The minimum atomic E-state index is -0.295. The van der Waals surface area contributed by atoms with Crippen molar-refractivity contribution >= 4 is 11.6 Å². The third-order valence-corrected chi connectivity index (χ3v) is 2.98. The molecule has 2 rings (SSSR count). The van der Waals surface area contributed by atoms with Crippen LogP contribution in [0.25, 0.3) is 0 Å². The Bertz CT molecular complexity index is 519. The smallest absolute Gasteiger partial charge is 0.127 e. The Morgan fingerprint density at radius 1 is 1.39 bits per heavy atom. The van der Waals surface area contributed by atoms with Gasteiger partial charge in [0.2, 0.25) is 0 Å². The van der Waals surface area contributed by atoms with Crippen LogP contribution < -0.4 is 5.32 Å². The van der Waals surface area contributed by atoms with Gasteiger partial charge >= 0.3 is 0 Å². The summed E-state index contributed by atoms with van der Waals surface area (Å²) >= 11 is 5.73. The molecule has 0 radical (unpaired) electrons. The van der Waals surface area contributed by atoms with Crippen LogP contribution in [-0.2, 0) is 6.42 Å². The van der Waals surface area contributed by atoms with Crippen LogP contribution in [0.15, 0.2) is 36.8 Å². The Morgan fingerprint density at radius 3 is 2.83 bits per heavy atom. The molecule has 2 aromatic rings. The monoisotopic (exact) mass is 265 g/mol. The molecule has 1 unspecified atom stereocenters. The highest BCUT2D eigenvalue weighted by molar-refractivity contribution is 6.30. The van der Waals surface area contributed by atoms with Crippen molar-refractivity contribution in [3.8, 4) is 0 Å². The Kier molecular flexibility index (Phi) is 4.23. The lowest BCUT2D eigenvalue weighted by Crippen LogP contribution is -2.20. The SMILES string of the molecule is CNC(Cc1ccc(Cl)cc1F)c1ccncn1. The fraction of sp³-hybridized carbons (Fsp3) is 0.231.